The molecule has 3 aliphatic heterocycles. The van der Waals surface area contributed by atoms with Crippen LogP contribution in [0.5, 0.6) is 0 Å². The average molecular weight is 443 g/mol. The molecule has 1 spiro atoms. The fraction of sp³-hybridized carbons (Fsp3) is 0.542. The van der Waals surface area contributed by atoms with Crippen LogP contribution in [-0.4, -0.2) is 69.8 Å². The summed E-state index contributed by atoms with van der Waals surface area (Å²) in [5.41, 5.74) is 1.34. The van der Waals surface area contributed by atoms with Crippen LogP contribution in [0.25, 0.3) is 0 Å². The molecule has 32 heavy (non-hydrogen) atoms. The molecule has 0 aromatic heterocycles. The summed E-state index contributed by atoms with van der Waals surface area (Å²) >= 11 is 0. The fourth-order valence-corrected chi connectivity index (χ4v) is 6.01. The zero-order valence-electron chi connectivity index (χ0n) is 18.7. The number of carbonyl (C=O) groups excluding carboxylic acids is 2. The Morgan fingerprint density at radius 3 is 2.59 bits per heavy atom. The van der Waals surface area contributed by atoms with Crippen LogP contribution in [0.4, 0.5) is 5.69 Å². The van der Waals surface area contributed by atoms with E-state index < -0.39 is 47.5 Å². The van der Waals surface area contributed by atoms with Gasteiger partial charge in [0.25, 0.3) is 5.91 Å². The third-order valence-electron chi connectivity index (χ3n) is 7.28. The number of likely N-dealkylation sites (tertiary alicyclic amines) is 1. The minimum Gasteiger partial charge on any atom is -0.481 e. The van der Waals surface area contributed by atoms with Crippen molar-refractivity contribution in [3.05, 3.63) is 42.0 Å². The summed E-state index contributed by atoms with van der Waals surface area (Å²) in [5, 5.41) is 19.7. The first-order valence-electron chi connectivity index (χ1n) is 11.0. The first kappa shape index (κ1) is 22.5. The molecule has 2 N–H and O–H groups in total. The Bertz CT molecular complexity index is 957. The van der Waals surface area contributed by atoms with Gasteiger partial charge >= 0.3 is 5.97 Å². The summed E-state index contributed by atoms with van der Waals surface area (Å²) in [6.45, 7) is 9.18. The number of carboxylic acid groups (broad SMARTS) is 1. The van der Waals surface area contributed by atoms with E-state index in [0.29, 0.717) is 12.8 Å². The van der Waals surface area contributed by atoms with Crippen molar-refractivity contribution >= 4 is 23.5 Å². The molecule has 0 saturated carbocycles. The quantitative estimate of drug-likeness (QED) is 0.622. The molecule has 0 aliphatic carbocycles. The minimum absolute atomic E-state index is 0.225. The maximum atomic E-state index is 14.2. The number of fused-ring (bicyclic) bond motifs is 1. The SMILES string of the molecule is C=CCN(C(=O)C1N([C@H](C)CO)C(=O)[C@@H]2[C@H](C(=O)O)[C@@H]3CCC12O3)c1c(C)cccc1C. The maximum Gasteiger partial charge on any atom is 0.310 e. The molecule has 0 radical (unpaired) electrons. The Hall–Kier alpha value is -2.71. The highest BCUT2D eigenvalue weighted by Gasteiger charge is 2.75. The number of anilines is 1. The highest BCUT2D eigenvalue weighted by atomic mass is 16.5. The van der Waals surface area contributed by atoms with Crippen molar-refractivity contribution in [3.8, 4) is 0 Å². The van der Waals surface area contributed by atoms with Crippen molar-refractivity contribution in [3.63, 3.8) is 0 Å². The molecule has 2 amide bonds. The van der Waals surface area contributed by atoms with Crippen LogP contribution in [-0.2, 0) is 19.1 Å². The molecule has 8 heteroatoms. The van der Waals surface area contributed by atoms with Gasteiger partial charge < -0.3 is 24.7 Å². The second kappa shape index (κ2) is 8.01. The number of ether oxygens (including phenoxy) is 1. The summed E-state index contributed by atoms with van der Waals surface area (Å²) in [5.74, 6) is -3.79. The van der Waals surface area contributed by atoms with Gasteiger partial charge in [0.05, 0.1) is 30.6 Å². The Kier molecular flexibility index (Phi) is 5.63. The van der Waals surface area contributed by atoms with E-state index in [4.69, 9.17) is 4.74 Å². The van der Waals surface area contributed by atoms with Crippen LogP contribution >= 0.6 is 0 Å². The molecule has 3 fully saturated rings. The number of hydrogen-bond donors (Lipinski definition) is 2. The van der Waals surface area contributed by atoms with Gasteiger partial charge in [-0.2, -0.15) is 0 Å². The predicted octanol–water partition coefficient (Wildman–Crippen LogP) is 1.66. The molecule has 172 valence electrons. The van der Waals surface area contributed by atoms with Crippen LogP contribution < -0.4 is 4.90 Å². The molecule has 1 aromatic carbocycles. The zero-order chi connectivity index (χ0) is 23.4. The fourth-order valence-electron chi connectivity index (χ4n) is 6.01. The van der Waals surface area contributed by atoms with Gasteiger partial charge in [0.1, 0.15) is 11.6 Å². The number of aliphatic hydroxyl groups excluding tert-OH is 1. The summed E-state index contributed by atoms with van der Waals surface area (Å²) in [4.78, 5) is 42.7. The Balaban J connectivity index is 1.85. The Labute approximate surface area is 187 Å². The van der Waals surface area contributed by atoms with E-state index in [2.05, 4.69) is 6.58 Å². The van der Waals surface area contributed by atoms with Crippen LogP contribution in [0.3, 0.4) is 0 Å². The smallest absolute Gasteiger partial charge is 0.310 e. The summed E-state index contributed by atoms with van der Waals surface area (Å²) in [6, 6.07) is 4.07. The van der Waals surface area contributed by atoms with Gasteiger partial charge in [-0.3, -0.25) is 14.4 Å². The number of aliphatic carboxylic acids is 1. The Morgan fingerprint density at radius 2 is 2.03 bits per heavy atom. The predicted molar refractivity (Wildman–Crippen MR) is 117 cm³/mol. The normalized spacial score (nSPS) is 31.5. The third-order valence-corrected chi connectivity index (χ3v) is 7.28. The minimum atomic E-state index is -1.21. The van der Waals surface area contributed by atoms with Crippen molar-refractivity contribution < 1.29 is 29.3 Å². The molecule has 2 bridgehead atoms. The average Bonchev–Trinajstić information content (AvgIpc) is 3.39. The lowest BCUT2D eigenvalue weighted by Gasteiger charge is -2.39. The van der Waals surface area contributed by atoms with Crippen LogP contribution in [0.2, 0.25) is 0 Å². The van der Waals surface area contributed by atoms with Crippen molar-refractivity contribution in [2.24, 2.45) is 11.8 Å². The lowest BCUT2D eigenvalue weighted by Crippen LogP contribution is -2.58. The number of carbonyl (C=O) groups is 3. The van der Waals surface area contributed by atoms with Gasteiger partial charge in [-0.1, -0.05) is 24.3 Å². The summed E-state index contributed by atoms with van der Waals surface area (Å²) in [6.07, 6.45) is 1.95. The largest absolute Gasteiger partial charge is 0.481 e. The highest BCUT2D eigenvalue weighted by Crippen LogP contribution is 2.59. The first-order valence-corrected chi connectivity index (χ1v) is 11.0. The molecule has 3 aliphatic rings. The van der Waals surface area contributed by atoms with E-state index in [0.717, 1.165) is 16.8 Å². The number of amides is 2. The van der Waals surface area contributed by atoms with E-state index in [1.807, 2.05) is 32.0 Å². The summed E-state index contributed by atoms with van der Waals surface area (Å²) < 4.78 is 6.21. The van der Waals surface area contributed by atoms with Gasteiger partial charge in [0.2, 0.25) is 5.91 Å². The molecule has 8 nitrogen and oxygen atoms in total. The zero-order valence-corrected chi connectivity index (χ0v) is 18.7. The maximum absolute atomic E-state index is 14.2. The van der Waals surface area contributed by atoms with E-state index in [-0.39, 0.29) is 19.1 Å². The number of nitrogens with zero attached hydrogens (tertiary/aromatic N) is 2. The molecular weight excluding hydrogens is 412 g/mol. The van der Waals surface area contributed by atoms with Gasteiger partial charge in [-0.05, 0) is 44.7 Å². The number of para-hydroxylation sites is 1. The van der Waals surface area contributed by atoms with Gasteiger partial charge in [-0.25, -0.2) is 0 Å². The Morgan fingerprint density at radius 1 is 1.38 bits per heavy atom. The number of aliphatic hydroxyl groups is 1. The topological polar surface area (TPSA) is 107 Å². The van der Waals surface area contributed by atoms with Gasteiger partial charge in [0.15, 0.2) is 0 Å². The van der Waals surface area contributed by atoms with Crippen molar-refractivity contribution in [1.82, 2.24) is 4.90 Å². The number of aryl methyl sites for hydroxylation is 2. The monoisotopic (exact) mass is 442 g/mol. The summed E-state index contributed by atoms with van der Waals surface area (Å²) in [7, 11) is 0. The second-order valence-electron chi connectivity index (χ2n) is 9.15. The van der Waals surface area contributed by atoms with Crippen molar-refractivity contribution in [1.29, 1.82) is 0 Å². The first-order chi connectivity index (χ1) is 15.2. The van der Waals surface area contributed by atoms with Crippen LogP contribution in [0.1, 0.15) is 30.9 Å². The van der Waals surface area contributed by atoms with Crippen molar-refractivity contribution in [2.45, 2.75) is 57.4 Å². The number of rotatable bonds is 7. The molecular formula is C24H30N2O6. The number of benzene rings is 1. The third kappa shape index (κ3) is 3.00. The lowest BCUT2D eigenvalue weighted by molar-refractivity contribution is -0.150. The molecule has 3 heterocycles. The van der Waals surface area contributed by atoms with E-state index in [1.165, 1.54) is 4.90 Å². The van der Waals surface area contributed by atoms with E-state index >= 15 is 0 Å². The van der Waals surface area contributed by atoms with Crippen molar-refractivity contribution in [2.75, 3.05) is 18.1 Å². The van der Waals surface area contributed by atoms with Gasteiger partial charge in [-0.15, -0.1) is 6.58 Å². The molecule has 3 saturated heterocycles. The number of carboxylic acids is 1. The van der Waals surface area contributed by atoms with E-state index in [9.17, 15) is 24.6 Å². The second-order valence-corrected chi connectivity index (χ2v) is 9.15. The molecule has 2 unspecified atom stereocenters. The molecule has 1 aromatic rings. The van der Waals surface area contributed by atoms with Crippen LogP contribution in [0, 0.1) is 25.7 Å². The van der Waals surface area contributed by atoms with Gasteiger partial charge in [0, 0.05) is 12.2 Å². The van der Waals surface area contributed by atoms with E-state index in [1.54, 1.807) is 17.9 Å². The lowest BCUT2D eigenvalue weighted by atomic mass is 9.70. The number of hydrogen-bond acceptors (Lipinski definition) is 5. The molecule has 6 atom stereocenters. The molecule has 4 rings (SSSR count). The highest BCUT2D eigenvalue weighted by molar-refractivity contribution is 6.05. The standard InChI is InChI=1S/C24H30N2O6/c1-5-11-25(19-13(2)7-6-8-14(19)3)22(29)20-24-10-9-16(32-24)17(23(30)31)18(24)21(28)26(20)15(4)12-27/h5-8,15-18,20,27H,1,9-12H2,2-4H3,(H,30,31)/t15-,16+,17-,18+,20?,24?/m1/s1. The van der Waals surface area contributed by atoms with Crippen LogP contribution in [0.15, 0.2) is 30.9 Å².